The number of ether oxygens (including phenoxy) is 2. The van der Waals surface area contributed by atoms with Crippen molar-refractivity contribution in [3.63, 3.8) is 0 Å². The van der Waals surface area contributed by atoms with Gasteiger partial charge in [-0.1, -0.05) is 43.6 Å². The van der Waals surface area contributed by atoms with Crippen molar-refractivity contribution in [3.8, 4) is 0 Å². The van der Waals surface area contributed by atoms with Crippen LogP contribution < -0.4 is 0 Å². The maximum absolute atomic E-state index is 5.43. The highest BCUT2D eigenvalue weighted by atomic mass is 79.9. The molecule has 0 aliphatic carbocycles. The van der Waals surface area contributed by atoms with Crippen molar-refractivity contribution < 1.29 is 9.47 Å². The van der Waals surface area contributed by atoms with Crippen molar-refractivity contribution >= 4 is 15.9 Å². The molecule has 0 rings (SSSR count). The van der Waals surface area contributed by atoms with Crippen LogP contribution in [0.25, 0.3) is 0 Å². The van der Waals surface area contributed by atoms with Crippen LogP contribution in [0.2, 0.25) is 0 Å². The maximum Gasteiger partial charge on any atom is 0.146 e. The molecule has 0 radical (unpaired) electrons. The van der Waals surface area contributed by atoms with Gasteiger partial charge >= 0.3 is 0 Å². The van der Waals surface area contributed by atoms with Crippen LogP contribution >= 0.6 is 15.9 Å². The van der Waals surface area contributed by atoms with Crippen LogP contribution in [0.15, 0.2) is 0 Å². The molecule has 0 N–H and O–H groups in total. The minimum Gasteiger partial charge on any atom is -0.355 e. The second-order valence-corrected chi connectivity index (χ2v) is 7.10. The fourth-order valence-electron chi connectivity index (χ4n) is 2.31. The van der Waals surface area contributed by atoms with Gasteiger partial charge in [0.25, 0.3) is 0 Å². The van der Waals surface area contributed by atoms with E-state index in [2.05, 4.69) is 43.6 Å². The third kappa shape index (κ3) is 12.8. The second-order valence-electron chi connectivity index (χ2n) is 5.54. The van der Waals surface area contributed by atoms with E-state index >= 15 is 0 Å². The summed E-state index contributed by atoms with van der Waals surface area (Å²) >= 11 is 3.62. The maximum atomic E-state index is 5.43. The van der Waals surface area contributed by atoms with Crippen molar-refractivity contribution in [1.29, 1.82) is 0 Å². The molecule has 3 unspecified atom stereocenters. The molecule has 2 nitrogen and oxygen atoms in total. The van der Waals surface area contributed by atoms with Crippen LogP contribution in [0.3, 0.4) is 0 Å². The minimum atomic E-state index is 0.458. The van der Waals surface area contributed by atoms with Gasteiger partial charge in [0.1, 0.15) is 6.79 Å². The van der Waals surface area contributed by atoms with E-state index in [0.29, 0.717) is 11.6 Å². The van der Waals surface area contributed by atoms with Crippen LogP contribution in [-0.4, -0.2) is 24.8 Å². The van der Waals surface area contributed by atoms with Crippen molar-refractivity contribution in [3.05, 3.63) is 0 Å². The highest BCUT2D eigenvalue weighted by Gasteiger charge is 2.10. The van der Waals surface area contributed by atoms with E-state index in [1.807, 2.05) is 0 Å². The van der Waals surface area contributed by atoms with E-state index in [-0.39, 0.29) is 0 Å². The molecule has 0 aliphatic rings. The predicted molar refractivity (Wildman–Crippen MR) is 82.2 cm³/mol. The quantitative estimate of drug-likeness (QED) is 0.286. The topological polar surface area (TPSA) is 18.5 Å². The zero-order valence-corrected chi connectivity index (χ0v) is 14.2. The van der Waals surface area contributed by atoms with Crippen molar-refractivity contribution in [2.24, 2.45) is 11.8 Å². The first-order valence-electron chi connectivity index (χ1n) is 7.35. The zero-order chi connectivity index (χ0) is 13.8. The van der Waals surface area contributed by atoms with Crippen LogP contribution in [-0.2, 0) is 9.47 Å². The van der Waals surface area contributed by atoms with E-state index < -0.39 is 0 Å². The van der Waals surface area contributed by atoms with Gasteiger partial charge in [0.05, 0.1) is 0 Å². The van der Waals surface area contributed by atoms with Crippen LogP contribution in [0.5, 0.6) is 0 Å². The molecule has 0 fully saturated rings. The van der Waals surface area contributed by atoms with Crippen molar-refractivity contribution in [2.75, 3.05) is 20.0 Å². The first-order valence-corrected chi connectivity index (χ1v) is 8.27. The van der Waals surface area contributed by atoms with Gasteiger partial charge in [0.15, 0.2) is 0 Å². The standard InChI is InChI=1S/C15H31BrO2/c1-5-8-17-12-18-9-6-7-13(2)10-14(3)11-15(4)16/h13-15H,5-12H2,1-4H3. The molecule has 0 saturated heterocycles. The first-order chi connectivity index (χ1) is 8.56. The molecule has 0 amide bonds. The lowest BCUT2D eigenvalue weighted by molar-refractivity contribution is -0.0549. The number of hydrogen-bond acceptors (Lipinski definition) is 2. The predicted octanol–water partition coefficient (Wildman–Crippen LogP) is 5.00. The fraction of sp³-hybridized carbons (Fsp3) is 1.00. The van der Waals surface area contributed by atoms with E-state index in [1.165, 1.54) is 19.3 Å². The molecule has 110 valence electrons. The molecule has 3 atom stereocenters. The van der Waals surface area contributed by atoms with E-state index in [1.54, 1.807) is 0 Å². The highest BCUT2D eigenvalue weighted by molar-refractivity contribution is 9.09. The summed E-state index contributed by atoms with van der Waals surface area (Å²) in [7, 11) is 0. The number of halogens is 1. The monoisotopic (exact) mass is 322 g/mol. The Bertz CT molecular complexity index is 174. The van der Waals surface area contributed by atoms with Crippen molar-refractivity contribution in [1.82, 2.24) is 0 Å². The molecule has 0 spiro atoms. The van der Waals surface area contributed by atoms with Crippen LogP contribution in [0.4, 0.5) is 0 Å². The summed E-state index contributed by atoms with van der Waals surface area (Å²) < 4.78 is 10.7. The lowest BCUT2D eigenvalue weighted by Crippen LogP contribution is -2.08. The Balaban J connectivity index is 3.33. The summed E-state index contributed by atoms with van der Waals surface area (Å²) in [4.78, 5) is 0.638. The third-order valence-corrected chi connectivity index (χ3v) is 3.41. The summed E-state index contributed by atoms with van der Waals surface area (Å²) in [5, 5.41) is 0. The second kappa shape index (κ2) is 12.4. The third-order valence-electron chi connectivity index (χ3n) is 3.03. The number of rotatable bonds is 12. The Kier molecular flexibility index (Phi) is 12.7. The Morgan fingerprint density at radius 1 is 0.944 bits per heavy atom. The van der Waals surface area contributed by atoms with E-state index in [9.17, 15) is 0 Å². The Morgan fingerprint density at radius 3 is 2.22 bits per heavy atom. The highest BCUT2D eigenvalue weighted by Crippen LogP contribution is 2.22. The van der Waals surface area contributed by atoms with Gasteiger partial charge in [-0.25, -0.2) is 0 Å². The average molecular weight is 323 g/mol. The molecule has 0 aliphatic heterocycles. The number of alkyl halides is 1. The largest absolute Gasteiger partial charge is 0.355 e. The van der Waals surface area contributed by atoms with Gasteiger partial charge in [-0.15, -0.1) is 0 Å². The van der Waals surface area contributed by atoms with Gasteiger partial charge in [-0.05, 0) is 43.9 Å². The van der Waals surface area contributed by atoms with Gasteiger partial charge < -0.3 is 9.47 Å². The summed E-state index contributed by atoms with van der Waals surface area (Å²) in [6.45, 7) is 11.1. The summed E-state index contributed by atoms with van der Waals surface area (Å²) in [5.74, 6) is 1.61. The zero-order valence-electron chi connectivity index (χ0n) is 12.6. The van der Waals surface area contributed by atoms with Crippen LogP contribution in [0, 0.1) is 11.8 Å². The summed E-state index contributed by atoms with van der Waals surface area (Å²) in [5.41, 5.74) is 0. The van der Waals surface area contributed by atoms with Gasteiger partial charge in [0, 0.05) is 18.0 Å². The number of hydrogen-bond donors (Lipinski definition) is 0. The van der Waals surface area contributed by atoms with Gasteiger partial charge in [-0.3, -0.25) is 0 Å². The first kappa shape index (κ1) is 18.4. The Hall–Kier alpha value is 0.400. The van der Waals surface area contributed by atoms with E-state index in [4.69, 9.17) is 9.47 Å². The molecular weight excluding hydrogens is 292 g/mol. The minimum absolute atomic E-state index is 0.458. The van der Waals surface area contributed by atoms with Crippen molar-refractivity contribution in [2.45, 2.75) is 64.6 Å². The summed E-state index contributed by atoms with van der Waals surface area (Å²) in [6.07, 6.45) is 6.06. The van der Waals surface area contributed by atoms with E-state index in [0.717, 1.165) is 37.9 Å². The molecule has 0 bridgehead atoms. The Labute approximate surface area is 122 Å². The lowest BCUT2D eigenvalue weighted by Gasteiger charge is -2.18. The SMILES string of the molecule is CCCOCOCCCC(C)CC(C)CC(C)Br. The molecule has 3 heteroatoms. The molecule has 0 aromatic carbocycles. The molecule has 0 aromatic rings. The van der Waals surface area contributed by atoms with Gasteiger partial charge in [0.2, 0.25) is 0 Å². The lowest BCUT2D eigenvalue weighted by atomic mass is 9.91. The molecular formula is C15H31BrO2. The van der Waals surface area contributed by atoms with Gasteiger partial charge in [-0.2, -0.15) is 0 Å². The molecule has 0 aromatic heterocycles. The van der Waals surface area contributed by atoms with Crippen LogP contribution in [0.1, 0.15) is 59.8 Å². The Morgan fingerprint density at radius 2 is 1.61 bits per heavy atom. The normalized spacial score (nSPS) is 16.5. The average Bonchev–Trinajstić information content (AvgIpc) is 2.26. The smallest absolute Gasteiger partial charge is 0.146 e. The molecule has 0 heterocycles. The molecule has 18 heavy (non-hydrogen) atoms. The fourth-order valence-corrected chi connectivity index (χ4v) is 2.95. The molecule has 0 saturated carbocycles. The summed E-state index contributed by atoms with van der Waals surface area (Å²) in [6, 6.07) is 0.